The summed E-state index contributed by atoms with van der Waals surface area (Å²) < 4.78 is 22.4. The van der Waals surface area contributed by atoms with Gasteiger partial charge < -0.3 is 23.7 Å². The normalized spacial score (nSPS) is 30.7. The molecular formula is C20H32O7. The van der Waals surface area contributed by atoms with Gasteiger partial charge in [0, 0.05) is 26.4 Å². The van der Waals surface area contributed by atoms with Crippen LogP contribution in [0.4, 0.5) is 0 Å². The van der Waals surface area contributed by atoms with Crippen molar-refractivity contribution in [1.82, 2.24) is 0 Å². The average molecular weight is 384 g/mol. The van der Waals surface area contributed by atoms with Crippen LogP contribution in [0.5, 0.6) is 0 Å². The molecule has 0 N–H and O–H groups in total. The molecule has 1 saturated carbocycles. The van der Waals surface area contributed by atoms with Crippen molar-refractivity contribution in [3.05, 3.63) is 0 Å². The molecule has 0 spiro atoms. The van der Waals surface area contributed by atoms with Crippen LogP contribution in [0.15, 0.2) is 0 Å². The van der Waals surface area contributed by atoms with E-state index in [-0.39, 0.29) is 12.3 Å². The Morgan fingerprint density at radius 3 is 2.56 bits per heavy atom. The molecule has 1 heterocycles. The summed E-state index contributed by atoms with van der Waals surface area (Å²) in [4.78, 5) is 35.4. The minimum absolute atomic E-state index is 0.298. The number of esters is 2. The SMILES string of the molecule is CCCCCCC(=O)O[C@@H]1[C@H](C=O)[C@H](OC2CCCCO2)C[C@@H]1OC(C)=O. The van der Waals surface area contributed by atoms with Crippen molar-refractivity contribution >= 4 is 18.2 Å². The molecule has 2 aliphatic rings. The number of rotatable bonds is 10. The van der Waals surface area contributed by atoms with Gasteiger partial charge in [0.2, 0.25) is 0 Å². The fourth-order valence-corrected chi connectivity index (χ4v) is 3.69. The van der Waals surface area contributed by atoms with Crippen LogP contribution in [0.2, 0.25) is 0 Å². The molecule has 2 fully saturated rings. The van der Waals surface area contributed by atoms with Gasteiger partial charge in [0.15, 0.2) is 12.4 Å². The Labute approximate surface area is 161 Å². The summed E-state index contributed by atoms with van der Waals surface area (Å²) >= 11 is 0. The highest BCUT2D eigenvalue weighted by Gasteiger charge is 2.49. The van der Waals surface area contributed by atoms with E-state index in [0.29, 0.717) is 19.4 Å². The first kappa shape index (κ1) is 21.8. The van der Waals surface area contributed by atoms with Crippen LogP contribution in [-0.2, 0) is 33.3 Å². The van der Waals surface area contributed by atoms with Crippen LogP contribution < -0.4 is 0 Å². The number of carbonyl (C=O) groups is 3. The minimum atomic E-state index is -0.807. The zero-order chi connectivity index (χ0) is 19.6. The third-order valence-electron chi connectivity index (χ3n) is 5.08. The topological polar surface area (TPSA) is 88.1 Å². The van der Waals surface area contributed by atoms with Crippen molar-refractivity contribution in [3.8, 4) is 0 Å². The number of unbranched alkanes of at least 4 members (excludes halogenated alkanes) is 3. The Bertz CT molecular complexity index is 487. The Morgan fingerprint density at radius 2 is 1.93 bits per heavy atom. The summed E-state index contributed by atoms with van der Waals surface area (Å²) in [6, 6.07) is 0. The molecule has 1 saturated heterocycles. The van der Waals surface area contributed by atoms with Crippen molar-refractivity contribution in [2.24, 2.45) is 5.92 Å². The summed E-state index contributed by atoms with van der Waals surface area (Å²) in [6.45, 7) is 4.04. The second kappa shape index (κ2) is 11.4. The molecule has 0 aromatic rings. The van der Waals surface area contributed by atoms with Crippen molar-refractivity contribution in [3.63, 3.8) is 0 Å². The first-order chi connectivity index (χ1) is 13.0. The fourth-order valence-electron chi connectivity index (χ4n) is 3.69. The van der Waals surface area contributed by atoms with Gasteiger partial charge >= 0.3 is 11.9 Å². The van der Waals surface area contributed by atoms with E-state index in [1.165, 1.54) is 6.92 Å². The van der Waals surface area contributed by atoms with Crippen LogP contribution in [0.3, 0.4) is 0 Å². The van der Waals surface area contributed by atoms with Gasteiger partial charge in [-0.3, -0.25) is 9.59 Å². The second-order valence-electron chi connectivity index (χ2n) is 7.33. The lowest BCUT2D eigenvalue weighted by Gasteiger charge is -2.27. The molecule has 154 valence electrons. The van der Waals surface area contributed by atoms with Crippen molar-refractivity contribution in [2.45, 2.75) is 96.2 Å². The third-order valence-corrected chi connectivity index (χ3v) is 5.08. The maximum atomic E-state index is 12.2. The highest BCUT2D eigenvalue weighted by Crippen LogP contribution is 2.34. The zero-order valence-corrected chi connectivity index (χ0v) is 16.4. The molecule has 0 bridgehead atoms. The Morgan fingerprint density at radius 1 is 1.11 bits per heavy atom. The smallest absolute Gasteiger partial charge is 0.306 e. The number of carbonyl (C=O) groups excluding carboxylic acids is 3. The van der Waals surface area contributed by atoms with Gasteiger partial charge in [-0.1, -0.05) is 26.2 Å². The Hall–Kier alpha value is -1.47. The van der Waals surface area contributed by atoms with E-state index in [9.17, 15) is 14.4 Å². The molecule has 1 aliphatic carbocycles. The zero-order valence-electron chi connectivity index (χ0n) is 16.4. The molecular weight excluding hydrogens is 352 g/mol. The molecule has 0 aromatic heterocycles. The molecule has 27 heavy (non-hydrogen) atoms. The lowest BCUT2D eigenvalue weighted by atomic mass is 10.1. The van der Waals surface area contributed by atoms with Crippen LogP contribution in [-0.4, -0.2) is 49.4 Å². The van der Waals surface area contributed by atoms with Crippen LogP contribution in [0, 0.1) is 5.92 Å². The summed E-state index contributed by atoms with van der Waals surface area (Å²) in [7, 11) is 0. The van der Waals surface area contributed by atoms with E-state index in [1.807, 2.05) is 0 Å². The van der Waals surface area contributed by atoms with E-state index >= 15 is 0 Å². The summed E-state index contributed by atoms with van der Waals surface area (Å²) in [6.07, 6.45) is 5.65. The molecule has 0 aromatic carbocycles. The first-order valence-electron chi connectivity index (χ1n) is 10.1. The quantitative estimate of drug-likeness (QED) is 0.325. The summed E-state index contributed by atoms with van der Waals surface area (Å²) in [5, 5.41) is 0. The predicted octanol–water partition coefficient (Wildman–Crippen LogP) is 2.93. The van der Waals surface area contributed by atoms with Gasteiger partial charge in [0.25, 0.3) is 0 Å². The van der Waals surface area contributed by atoms with E-state index in [4.69, 9.17) is 18.9 Å². The van der Waals surface area contributed by atoms with Crippen LogP contribution >= 0.6 is 0 Å². The van der Waals surface area contributed by atoms with Crippen molar-refractivity contribution in [1.29, 1.82) is 0 Å². The standard InChI is InChI=1S/C20H32O7/c1-3-4-5-6-9-18(23)27-20-15(13-21)16(12-17(20)25-14(2)22)26-19-10-7-8-11-24-19/h13,15-17,19-20H,3-12H2,1-2H3/t15-,16-,17+,19?,20-/m1/s1. The van der Waals surface area contributed by atoms with Crippen LogP contribution in [0.25, 0.3) is 0 Å². The van der Waals surface area contributed by atoms with Gasteiger partial charge in [0.05, 0.1) is 12.0 Å². The first-order valence-corrected chi connectivity index (χ1v) is 10.1. The number of ether oxygens (including phenoxy) is 4. The molecule has 1 aliphatic heterocycles. The lowest BCUT2D eigenvalue weighted by molar-refractivity contribution is -0.196. The van der Waals surface area contributed by atoms with Crippen molar-refractivity contribution < 1.29 is 33.3 Å². The number of aldehydes is 1. The van der Waals surface area contributed by atoms with Gasteiger partial charge in [-0.15, -0.1) is 0 Å². The van der Waals surface area contributed by atoms with Gasteiger partial charge in [-0.2, -0.15) is 0 Å². The monoisotopic (exact) mass is 384 g/mol. The van der Waals surface area contributed by atoms with E-state index in [1.54, 1.807) is 0 Å². The summed E-state index contributed by atoms with van der Waals surface area (Å²) in [5.74, 6) is -1.50. The lowest BCUT2D eigenvalue weighted by Crippen LogP contribution is -2.37. The largest absolute Gasteiger partial charge is 0.458 e. The maximum absolute atomic E-state index is 12.2. The summed E-state index contributed by atoms with van der Waals surface area (Å²) in [5.41, 5.74) is 0. The Kier molecular flexibility index (Phi) is 9.21. The van der Waals surface area contributed by atoms with Crippen molar-refractivity contribution in [2.75, 3.05) is 6.61 Å². The average Bonchev–Trinajstić information content (AvgIpc) is 2.94. The second-order valence-corrected chi connectivity index (χ2v) is 7.33. The van der Waals surface area contributed by atoms with Gasteiger partial charge in [-0.05, 0) is 25.7 Å². The molecule has 5 atom stereocenters. The Balaban J connectivity index is 1.97. The van der Waals surface area contributed by atoms with E-state index < -0.39 is 30.2 Å². The number of hydrogen-bond acceptors (Lipinski definition) is 7. The highest BCUT2D eigenvalue weighted by atomic mass is 16.7. The van der Waals surface area contributed by atoms with Gasteiger partial charge in [-0.25, -0.2) is 0 Å². The third kappa shape index (κ3) is 6.88. The molecule has 0 amide bonds. The number of hydrogen-bond donors (Lipinski definition) is 0. The molecule has 2 rings (SSSR count). The van der Waals surface area contributed by atoms with E-state index in [0.717, 1.165) is 51.2 Å². The molecule has 7 nitrogen and oxygen atoms in total. The molecule has 7 heteroatoms. The highest BCUT2D eigenvalue weighted by molar-refractivity contribution is 5.71. The van der Waals surface area contributed by atoms with Gasteiger partial charge in [0.1, 0.15) is 12.4 Å². The molecule has 0 radical (unpaired) electrons. The fraction of sp³-hybridized carbons (Fsp3) is 0.850. The maximum Gasteiger partial charge on any atom is 0.306 e. The predicted molar refractivity (Wildman–Crippen MR) is 96.8 cm³/mol. The minimum Gasteiger partial charge on any atom is -0.458 e. The van der Waals surface area contributed by atoms with E-state index in [2.05, 4.69) is 6.92 Å². The molecule has 1 unspecified atom stereocenters. The van der Waals surface area contributed by atoms with Crippen LogP contribution in [0.1, 0.15) is 71.6 Å².